The molecule has 0 aromatic carbocycles. The van der Waals surface area contributed by atoms with Gasteiger partial charge in [0.15, 0.2) is 0 Å². The lowest BCUT2D eigenvalue weighted by molar-refractivity contribution is 0.486. The molecule has 0 rings (SSSR count). The minimum Gasteiger partial charge on any atom is -0.328 e. The molecule has 2 atom stereocenters. The fourth-order valence-corrected chi connectivity index (χ4v) is 1.09. The zero-order valence-corrected chi connectivity index (χ0v) is 10.5. The van der Waals surface area contributed by atoms with Crippen molar-refractivity contribution >= 4 is 24.8 Å². The second-order valence-electron chi connectivity index (χ2n) is 3.41. The zero-order chi connectivity index (χ0) is 8.69. The molecule has 13 heavy (non-hydrogen) atoms. The smallest absolute Gasteiger partial charge is 0.00386 e. The van der Waals surface area contributed by atoms with E-state index in [9.17, 15) is 0 Å². The van der Waals surface area contributed by atoms with E-state index >= 15 is 0 Å². The third-order valence-electron chi connectivity index (χ3n) is 1.81. The third kappa shape index (κ3) is 15.3. The lowest BCUT2D eigenvalue weighted by Gasteiger charge is -2.13. The number of halogens is 2. The highest BCUT2D eigenvalue weighted by molar-refractivity contribution is 5.85. The molecule has 1 unspecified atom stereocenters. The van der Waals surface area contributed by atoms with Crippen molar-refractivity contribution in [2.45, 2.75) is 52.1 Å². The summed E-state index contributed by atoms with van der Waals surface area (Å²) >= 11 is 0. The monoisotopic (exact) mass is 230 g/mol. The Bertz CT molecular complexity index is 89.7. The van der Waals surface area contributed by atoms with E-state index in [-0.39, 0.29) is 24.8 Å². The number of rotatable bonds is 6. The number of nitrogens with two attached hydrogens (primary N) is 1. The predicted octanol–water partition coefficient (Wildman–Crippen LogP) is 2.35. The van der Waals surface area contributed by atoms with Gasteiger partial charge in [-0.1, -0.05) is 13.3 Å². The molecule has 0 saturated carbocycles. The van der Waals surface area contributed by atoms with Gasteiger partial charge in [-0.15, -0.1) is 24.8 Å². The van der Waals surface area contributed by atoms with Crippen molar-refractivity contribution in [3.8, 4) is 0 Å². The number of hydrogen-bond donors (Lipinski definition) is 2. The SMILES string of the molecule is CCCC(C)NCC[C@H](C)N.Cl.Cl. The van der Waals surface area contributed by atoms with E-state index in [1.54, 1.807) is 0 Å². The maximum atomic E-state index is 5.61. The van der Waals surface area contributed by atoms with Gasteiger partial charge in [0, 0.05) is 12.1 Å². The quantitative estimate of drug-likeness (QED) is 0.736. The highest BCUT2D eigenvalue weighted by Gasteiger charge is 1.99. The summed E-state index contributed by atoms with van der Waals surface area (Å²) in [6, 6.07) is 0.982. The first-order valence-electron chi connectivity index (χ1n) is 4.65. The molecule has 0 aliphatic rings. The largest absolute Gasteiger partial charge is 0.328 e. The maximum absolute atomic E-state index is 5.61. The summed E-state index contributed by atoms with van der Waals surface area (Å²) in [5.41, 5.74) is 5.61. The molecule has 0 aromatic heterocycles. The second-order valence-corrected chi connectivity index (χ2v) is 3.41. The van der Waals surface area contributed by atoms with Crippen molar-refractivity contribution in [2.75, 3.05) is 6.54 Å². The number of nitrogens with one attached hydrogen (secondary N) is 1. The summed E-state index contributed by atoms with van der Waals surface area (Å²) in [7, 11) is 0. The van der Waals surface area contributed by atoms with E-state index in [2.05, 4.69) is 19.2 Å². The van der Waals surface area contributed by atoms with E-state index in [4.69, 9.17) is 5.73 Å². The van der Waals surface area contributed by atoms with Crippen LogP contribution in [-0.2, 0) is 0 Å². The van der Waals surface area contributed by atoms with Crippen LogP contribution in [0.1, 0.15) is 40.0 Å². The molecule has 0 heterocycles. The molecule has 3 N–H and O–H groups in total. The van der Waals surface area contributed by atoms with Gasteiger partial charge in [0.1, 0.15) is 0 Å². The lowest BCUT2D eigenvalue weighted by Crippen LogP contribution is -2.30. The Labute approximate surface area is 94.9 Å². The van der Waals surface area contributed by atoms with E-state index < -0.39 is 0 Å². The first-order valence-corrected chi connectivity index (χ1v) is 4.65. The minimum atomic E-state index is 0. The van der Waals surface area contributed by atoms with Crippen molar-refractivity contribution in [3.63, 3.8) is 0 Å². The molecule has 84 valence electrons. The van der Waals surface area contributed by atoms with Crippen LogP contribution in [0, 0.1) is 0 Å². The van der Waals surface area contributed by atoms with Gasteiger partial charge in [0.05, 0.1) is 0 Å². The Morgan fingerprint density at radius 2 is 1.69 bits per heavy atom. The normalized spacial score (nSPS) is 13.8. The highest BCUT2D eigenvalue weighted by Crippen LogP contribution is 1.94. The van der Waals surface area contributed by atoms with Crippen molar-refractivity contribution in [1.82, 2.24) is 5.32 Å². The van der Waals surface area contributed by atoms with Gasteiger partial charge in [-0.25, -0.2) is 0 Å². The molecule has 0 radical (unpaired) electrons. The van der Waals surface area contributed by atoms with Gasteiger partial charge >= 0.3 is 0 Å². The summed E-state index contributed by atoms with van der Waals surface area (Å²) in [6.45, 7) is 7.54. The van der Waals surface area contributed by atoms with Gasteiger partial charge in [-0.2, -0.15) is 0 Å². The van der Waals surface area contributed by atoms with Crippen LogP contribution in [0.5, 0.6) is 0 Å². The van der Waals surface area contributed by atoms with Crippen LogP contribution in [0.25, 0.3) is 0 Å². The van der Waals surface area contributed by atoms with Crippen LogP contribution in [0.2, 0.25) is 0 Å². The summed E-state index contributed by atoms with van der Waals surface area (Å²) in [6.07, 6.45) is 3.60. The summed E-state index contributed by atoms with van der Waals surface area (Å²) in [5, 5.41) is 3.43. The first kappa shape index (κ1) is 19.1. The predicted molar refractivity (Wildman–Crippen MR) is 65.1 cm³/mol. The first-order chi connectivity index (χ1) is 5.16. The topological polar surface area (TPSA) is 38.0 Å². The minimum absolute atomic E-state index is 0. The molecular formula is C9H24Cl2N2. The Kier molecular flexibility index (Phi) is 18.4. The summed E-state index contributed by atoms with van der Waals surface area (Å²) < 4.78 is 0. The Morgan fingerprint density at radius 3 is 2.08 bits per heavy atom. The van der Waals surface area contributed by atoms with Gasteiger partial charge in [-0.3, -0.25) is 0 Å². The van der Waals surface area contributed by atoms with Crippen molar-refractivity contribution < 1.29 is 0 Å². The molecule has 0 spiro atoms. The Hall–Kier alpha value is 0.500. The van der Waals surface area contributed by atoms with Crippen molar-refractivity contribution in [3.05, 3.63) is 0 Å². The highest BCUT2D eigenvalue weighted by atomic mass is 35.5. The zero-order valence-electron chi connectivity index (χ0n) is 8.88. The second kappa shape index (κ2) is 12.5. The Morgan fingerprint density at radius 1 is 1.15 bits per heavy atom. The third-order valence-corrected chi connectivity index (χ3v) is 1.81. The van der Waals surface area contributed by atoms with Crippen LogP contribution in [0.3, 0.4) is 0 Å². The van der Waals surface area contributed by atoms with E-state index in [1.807, 2.05) is 6.92 Å². The molecule has 0 bridgehead atoms. The molecule has 2 nitrogen and oxygen atoms in total. The van der Waals surface area contributed by atoms with Crippen LogP contribution in [0.4, 0.5) is 0 Å². The molecule has 0 aromatic rings. The standard InChI is InChI=1S/C9H22N2.2ClH/c1-4-5-9(3)11-7-6-8(2)10;;/h8-9,11H,4-7,10H2,1-3H3;2*1H/t8-,9?;;/m0../s1. The van der Waals surface area contributed by atoms with Gasteiger partial charge in [0.2, 0.25) is 0 Å². The number of hydrogen-bond acceptors (Lipinski definition) is 2. The fraction of sp³-hybridized carbons (Fsp3) is 1.00. The summed E-state index contributed by atoms with van der Waals surface area (Å²) in [4.78, 5) is 0. The van der Waals surface area contributed by atoms with Gasteiger partial charge in [0.25, 0.3) is 0 Å². The lowest BCUT2D eigenvalue weighted by atomic mass is 10.2. The van der Waals surface area contributed by atoms with Crippen LogP contribution in [0.15, 0.2) is 0 Å². The Balaban J connectivity index is -0.000000500. The van der Waals surface area contributed by atoms with Crippen LogP contribution < -0.4 is 11.1 Å². The van der Waals surface area contributed by atoms with Crippen LogP contribution in [-0.4, -0.2) is 18.6 Å². The van der Waals surface area contributed by atoms with Crippen LogP contribution >= 0.6 is 24.8 Å². The van der Waals surface area contributed by atoms with E-state index in [1.165, 1.54) is 12.8 Å². The molecule has 4 heteroatoms. The maximum Gasteiger partial charge on any atom is 0.00386 e. The van der Waals surface area contributed by atoms with Gasteiger partial charge < -0.3 is 11.1 Å². The summed E-state index contributed by atoms with van der Waals surface area (Å²) in [5.74, 6) is 0. The average molecular weight is 231 g/mol. The molecule has 0 fully saturated rings. The fourth-order valence-electron chi connectivity index (χ4n) is 1.09. The van der Waals surface area contributed by atoms with Crippen molar-refractivity contribution in [2.24, 2.45) is 5.73 Å². The van der Waals surface area contributed by atoms with E-state index in [0.29, 0.717) is 12.1 Å². The van der Waals surface area contributed by atoms with E-state index in [0.717, 1.165) is 13.0 Å². The molecular weight excluding hydrogens is 207 g/mol. The molecule has 0 saturated heterocycles. The average Bonchev–Trinajstić information content (AvgIpc) is 1.87. The van der Waals surface area contributed by atoms with Crippen molar-refractivity contribution in [1.29, 1.82) is 0 Å². The molecule has 0 amide bonds. The molecule has 0 aliphatic heterocycles. The van der Waals surface area contributed by atoms with Gasteiger partial charge in [-0.05, 0) is 33.2 Å². The molecule has 0 aliphatic carbocycles.